The summed E-state index contributed by atoms with van der Waals surface area (Å²) >= 11 is 0. The number of hydrogen-bond acceptors (Lipinski definition) is 4. The lowest BCUT2D eigenvalue weighted by Gasteiger charge is -2.14. The number of aromatic amines is 1. The molecule has 0 radical (unpaired) electrons. The first kappa shape index (κ1) is 13.9. The van der Waals surface area contributed by atoms with Gasteiger partial charge in [0.05, 0.1) is 5.56 Å². The largest absolute Gasteiger partial charge is 0.494 e. The van der Waals surface area contributed by atoms with Gasteiger partial charge in [-0.3, -0.25) is 14.3 Å². The number of aromatic hydroxyl groups is 1. The van der Waals surface area contributed by atoms with Crippen molar-refractivity contribution in [3.63, 3.8) is 0 Å². The highest BCUT2D eigenvalue weighted by molar-refractivity contribution is 5.25. The quantitative estimate of drug-likeness (QED) is 0.845. The van der Waals surface area contributed by atoms with Gasteiger partial charge in [0.1, 0.15) is 0 Å². The summed E-state index contributed by atoms with van der Waals surface area (Å²) in [5.74, 6) is 0.0776. The van der Waals surface area contributed by atoms with Gasteiger partial charge < -0.3 is 9.84 Å². The number of nitrogens with one attached hydrogen (secondary N) is 1. The van der Waals surface area contributed by atoms with Gasteiger partial charge in [0.15, 0.2) is 0 Å². The molecule has 1 aliphatic rings. The monoisotopic (exact) mass is 268 g/mol. The fraction of sp³-hybridized carbons (Fsp3) is 0.692. The third-order valence-electron chi connectivity index (χ3n) is 3.57. The molecule has 0 aliphatic carbocycles. The molecule has 2 rings (SSSR count). The van der Waals surface area contributed by atoms with Gasteiger partial charge in [0.2, 0.25) is 5.88 Å². The Morgan fingerprint density at radius 3 is 2.79 bits per heavy atom. The molecule has 1 aliphatic heterocycles. The summed E-state index contributed by atoms with van der Waals surface area (Å²) < 4.78 is 6.52. The van der Waals surface area contributed by atoms with Crippen LogP contribution in [0.5, 0.6) is 5.88 Å². The molecule has 106 valence electrons. The molecule has 0 aromatic carbocycles. The summed E-state index contributed by atoms with van der Waals surface area (Å²) in [4.78, 5) is 25.7. The van der Waals surface area contributed by atoms with E-state index in [1.807, 2.05) is 13.8 Å². The van der Waals surface area contributed by atoms with Crippen molar-refractivity contribution in [2.45, 2.75) is 39.2 Å². The molecular formula is C13H20N2O4. The molecule has 1 unspecified atom stereocenters. The number of rotatable bonds is 4. The second kappa shape index (κ2) is 5.61. The molecule has 1 saturated heterocycles. The van der Waals surface area contributed by atoms with E-state index < -0.39 is 11.2 Å². The van der Waals surface area contributed by atoms with E-state index in [4.69, 9.17) is 4.74 Å². The Morgan fingerprint density at radius 2 is 2.21 bits per heavy atom. The maximum atomic E-state index is 11.8. The van der Waals surface area contributed by atoms with E-state index >= 15 is 0 Å². The lowest BCUT2D eigenvalue weighted by Crippen LogP contribution is -2.33. The Labute approximate surface area is 111 Å². The van der Waals surface area contributed by atoms with Gasteiger partial charge in [0.25, 0.3) is 5.56 Å². The first-order valence-corrected chi connectivity index (χ1v) is 6.64. The zero-order chi connectivity index (χ0) is 14.0. The van der Waals surface area contributed by atoms with E-state index in [9.17, 15) is 14.7 Å². The smallest absolute Gasteiger partial charge is 0.331 e. The van der Waals surface area contributed by atoms with E-state index in [0.29, 0.717) is 19.1 Å². The summed E-state index contributed by atoms with van der Waals surface area (Å²) in [6, 6.07) is 0. The summed E-state index contributed by atoms with van der Waals surface area (Å²) in [7, 11) is 0. The van der Waals surface area contributed by atoms with Gasteiger partial charge >= 0.3 is 5.69 Å². The lowest BCUT2D eigenvalue weighted by atomic mass is 10.0. The topological polar surface area (TPSA) is 84.3 Å². The predicted molar refractivity (Wildman–Crippen MR) is 70.6 cm³/mol. The molecule has 2 heterocycles. The molecule has 1 atom stereocenters. The highest BCUT2D eigenvalue weighted by Crippen LogP contribution is 2.22. The Hall–Kier alpha value is -1.56. The minimum Gasteiger partial charge on any atom is -0.494 e. The van der Waals surface area contributed by atoms with E-state index in [-0.39, 0.29) is 17.4 Å². The molecule has 1 aromatic rings. The van der Waals surface area contributed by atoms with Crippen LogP contribution in [0.25, 0.3) is 0 Å². The Morgan fingerprint density at radius 1 is 1.47 bits per heavy atom. The maximum absolute atomic E-state index is 11.8. The van der Waals surface area contributed by atoms with E-state index in [2.05, 4.69) is 4.98 Å². The minimum absolute atomic E-state index is 0.134. The Balaban J connectivity index is 2.26. The van der Waals surface area contributed by atoms with Crippen molar-refractivity contribution < 1.29 is 9.84 Å². The Kier molecular flexibility index (Phi) is 4.09. The van der Waals surface area contributed by atoms with Crippen molar-refractivity contribution in [3.8, 4) is 5.88 Å². The molecule has 6 nitrogen and oxygen atoms in total. The van der Waals surface area contributed by atoms with Gasteiger partial charge in [-0.05, 0) is 24.7 Å². The van der Waals surface area contributed by atoms with Gasteiger partial charge in [0, 0.05) is 19.8 Å². The van der Waals surface area contributed by atoms with Crippen LogP contribution in [0.3, 0.4) is 0 Å². The normalized spacial score (nSPS) is 19.2. The average molecular weight is 268 g/mol. The van der Waals surface area contributed by atoms with Gasteiger partial charge in [-0.1, -0.05) is 13.8 Å². The molecule has 1 aromatic heterocycles. The zero-order valence-corrected chi connectivity index (χ0v) is 11.3. The summed E-state index contributed by atoms with van der Waals surface area (Å²) in [5.41, 5.74) is -0.786. The second-order valence-corrected chi connectivity index (χ2v) is 5.32. The first-order valence-electron chi connectivity index (χ1n) is 6.64. The van der Waals surface area contributed by atoms with E-state index in [1.165, 1.54) is 4.57 Å². The van der Waals surface area contributed by atoms with Crippen LogP contribution in [0.15, 0.2) is 9.59 Å². The van der Waals surface area contributed by atoms with Crippen LogP contribution in [-0.4, -0.2) is 27.9 Å². The number of H-pyrrole nitrogens is 1. The molecular weight excluding hydrogens is 248 g/mol. The molecule has 19 heavy (non-hydrogen) atoms. The summed E-state index contributed by atoms with van der Waals surface area (Å²) in [6.07, 6.45) is 1.74. The van der Waals surface area contributed by atoms with Gasteiger partial charge in [-0.25, -0.2) is 4.79 Å². The van der Waals surface area contributed by atoms with Gasteiger partial charge in [-0.2, -0.15) is 0 Å². The fourth-order valence-electron chi connectivity index (χ4n) is 2.43. The van der Waals surface area contributed by atoms with E-state index in [0.717, 1.165) is 19.4 Å². The standard InChI is InChI=1S/C13H20N2O4/c1-8(2)10-11(16)14-13(18)15(12(10)17)5-3-9-4-6-19-7-9/h8-9,17H,3-7H2,1-2H3,(H,14,16,18). The van der Waals surface area contributed by atoms with E-state index in [1.54, 1.807) is 0 Å². The molecule has 0 spiro atoms. The summed E-state index contributed by atoms with van der Waals surface area (Å²) in [5, 5.41) is 10.1. The van der Waals surface area contributed by atoms with Crippen LogP contribution in [0, 0.1) is 5.92 Å². The highest BCUT2D eigenvalue weighted by Gasteiger charge is 2.19. The first-order chi connectivity index (χ1) is 9.00. The van der Waals surface area contributed by atoms with Crippen LogP contribution in [-0.2, 0) is 11.3 Å². The van der Waals surface area contributed by atoms with Crippen LogP contribution in [0.1, 0.15) is 38.2 Å². The number of aromatic nitrogens is 2. The molecule has 1 fully saturated rings. The molecule has 0 saturated carbocycles. The third kappa shape index (κ3) is 2.89. The van der Waals surface area contributed by atoms with Crippen molar-refractivity contribution >= 4 is 0 Å². The van der Waals surface area contributed by atoms with Crippen molar-refractivity contribution in [1.29, 1.82) is 0 Å². The maximum Gasteiger partial charge on any atom is 0.331 e. The number of ether oxygens (including phenoxy) is 1. The molecule has 0 bridgehead atoms. The van der Waals surface area contributed by atoms with Crippen molar-refractivity contribution in [2.24, 2.45) is 5.92 Å². The zero-order valence-electron chi connectivity index (χ0n) is 11.3. The van der Waals surface area contributed by atoms with Crippen LogP contribution >= 0.6 is 0 Å². The van der Waals surface area contributed by atoms with Crippen LogP contribution in [0.2, 0.25) is 0 Å². The summed E-state index contributed by atoms with van der Waals surface area (Å²) in [6.45, 7) is 5.48. The highest BCUT2D eigenvalue weighted by atomic mass is 16.5. The fourth-order valence-corrected chi connectivity index (χ4v) is 2.43. The van der Waals surface area contributed by atoms with Crippen LogP contribution < -0.4 is 11.2 Å². The van der Waals surface area contributed by atoms with Gasteiger partial charge in [-0.15, -0.1) is 0 Å². The number of nitrogens with zero attached hydrogens (tertiary/aromatic N) is 1. The molecule has 6 heteroatoms. The van der Waals surface area contributed by atoms with Crippen molar-refractivity contribution in [3.05, 3.63) is 26.4 Å². The lowest BCUT2D eigenvalue weighted by molar-refractivity contribution is 0.182. The van der Waals surface area contributed by atoms with Crippen molar-refractivity contribution in [1.82, 2.24) is 9.55 Å². The average Bonchev–Trinajstić information content (AvgIpc) is 2.80. The number of hydrogen-bond donors (Lipinski definition) is 2. The predicted octanol–water partition coefficient (Wildman–Crippen LogP) is 0.792. The third-order valence-corrected chi connectivity index (χ3v) is 3.57. The second-order valence-electron chi connectivity index (χ2n) is 5.32. The Bertz CT molecular complexity index is 553. The molecule has 0 amide bonds. The van der Waals surface area contributed by atoms with Crippen molar-refractivity contribution in [2.75, 3.05) is 13.2 Å². The minimum atomic E-state index is -0.550. The molecule has 2 N–H and O–H groups in total. The SMILES string of the molecule is CC(C)c1c(O)n(CCC2CCOC2)c(=O)[nH]c1=O. The van der Waals surface area contributed by atoms with Crippen LogP contribution in [0.4, 0.5) is 0 Å².